The molecule has 11 heavy (non-hydrogen) atoms. The quantitative estimate of drug-likeness (QED) is 0.634. The Kier molecular flexibility index (Phi) is 1.46. The summed E-state index contributed by atoms with van der Waals surface area (Å²) >= 11 is 0. The normalized spacial score (nSPS) is 22.2. The van der Waals surface area contributed by atoms with Crippen LogP contribution in [-0.2, 0) is 13.5 Å². The summed E-state index contributed by atoms with van der Waals surface area (Å²) in [5, 5.41) is 13.3. The second-order valence-corrected chi connectivity index (χ2v) is 3.12. The minimum absolute atomic E-state index is 0.263. The van der Waals surface area contributed by atoms with E-state index in [1.807, 2.05) is 17.9 Å². The van der Waals surface area contributed by atoms with E-state index < -0.39 is 0 Å². The maximum absolute atomic E-state index is 8.99. The second-order valence-electron chi connectivity index (χ2n) is 3.12. The predicted molar refractivity (Wildman–Crippen MR) is 41.4 cm³/mol. The fourth-order valence-corrected chi connectivity index (χ4v) is 1.74. The summed E-state index contributed by atoms with van der Waals surface area (Å²) in [7, 11) is 1.92. The summed E-state index contributed by atoms with van der Waals surface area (Å²) in [6.07, 6.45) is 4.11. The molecule has 1 atom stereocenters. The highest BCUT2D eigenvalue weighted by Crippen LogP contribution is 2.31. The number of hydrogen-bond acceptors (Lipinski definition) is 2. The summed E-state index contributed by atoms with van der Waals surface area (Å²) < 4.78 is 1.83. The molecular weight excluding hydrogens is 140 g/mol. The minimum atomic E-state index is 0.263. The molecule has 0 spiro atoms. The summed E-state index contributed by atoms with van der Waals surface area (Å²) in [6, 6.07) is 0. The van der Waals surface area contributed by atoms with Crippen LogP contribution in [-0.4, -0.2) is 21.5 Å². The molecule has 0 radical (unpaired) electrons. The first-order valence-electron chi connectivity index (χ1n) is 3.94. The van der Waals surface area contributed by atoms with E-state index in [4.69, 9.17) is 5.11 Å². The van der Waals surface area contributed by atoms with E-state index in [2.05, 4.69) is 5.10 Å². The van der Waals surface area contributed by atoms with Crippen LogP contribution in [0.5, 0.6) is 0 Å². The van der Waals surface area contributed by atoms with Crippen LogP contribution in [0.15, 0.2) is 6.20 Å². The molecule has 1 aliphatic rings. The van der Waals surface area contributed by atoms with Crippen LogP contribution in [0, 0.1) is 0 Å². The number of aromatic nitrogens is 2. The zero-order chi connectivity index (χ0) is 7.84. The molecule has 0 amide bonds. The fraction of sp³-hybridized carbons (Fsp3) is 0.625. The number of hydrogen-bond donors (Lipinski definition) is 1. The third-order valence-electron chi connectivity index (χ3n) is 2.33. The Hall–Kier alpha value is -0.830. The fourth-order valence-electron chi connectivity index (χ4n) is 1.74. The van der Waals surface area contributed by atoms with E-state index in [-0.39, 0.29) is 6.61 Å². The van der Waals surface area contributed by atoms with Gasteiger partial charge in [-0.15, -0.1) is 0 Å². The highest BCUT2D eigenvalue weighted by molar-refractivity contribution is 5.27. The van der Waals surface area contributed by atoms with Gasteiger partial charge in [0.05, 0.1) is 12.3 Å². The lowest BCUT2D eigenvalue weighted by atomic mass is 10.1. The lowest BCUT2D eigenvalue weighted by Crippen LogP contribution is -1.98. The van der Waals surface area contributed by atoms with Gasteiger partial charge in [0.2, 0.25) is 0 Å². The Morgan fingerprint density at radius 1 is 1.82 bits per heavy atom. The molecule has 0 aliphatic heterocycles. The van der Waals surface area contributed by atoms with Crippen LogP contribution >= 0.6 is 0 Å². The molecule has 0 aromatic carbocycles. The van der Waals surface area contributed by atoms with Crippen molar-refractivity contribution >= 4 is 0 Å². The second kappa shape index (κ2) is 2.34. The molecule has 0 fully saturated rings. The van der Waals surface area contributed by atoms with Crippen molar-refractivity contribution in [2.45, 2.75) is 18.8 Å². The number of fused-ring (bicyclic) bond motifs is 1. The molecule has 1 aromatic rings. The summed E-state index contributed by atoms with van der Waals surface area (Å²) in [5.74, 6) is 0.346. The van der Waals surface area contributed by atoms with Gasteiger partial charge < -0.3 is 5.11 Å². The maximum Gasteiger partial charge on any atom is 0.0660 e. The van der Waals surface area contributed by atoms with Crippen molar-refractivity contribution in [1.29, 1.82) is 0 Å². The molecule has 3 nitrogen and oxygen atoms in total. The van der Waals surface area contributed by atoms with Gasteiger partial charge in [0.15, 0.2) is 0 Å². The Bertz CT molecular complexity index is 267. The van der Waals surface area contributed by atoms with Gasteiger partial charge in [-0.05, 0) is 18.4 Å². The lowest BCUT2D eigenvalue weighted by Gasteiger charge is -2.02. The SMILES string of the molecule is Cn1cc2c(n1)CC[C@@H]2CO. The van der Waals surface area contributed by atoms with Gasteiger partial charge in [-0.1, -0.05) is 0 Å². The van der Waals surface area contributed by atoms with Gasteiger partial charge in [-0.25, -0.2) is 0 Å². The minimum Gasteiger partial charge on any atom is -0.396 e. The van der Waals surface area contributed by atoms with E-state index in [0.717, 1.165) is 12.8 Å². The van der Waals surface area contributed by atoms with Gasteiger partial charge in [-0.2, -0.15) is 5.10 Å². The molecule has 1 aromatic heterocycles. The molecule has 0 saturated carbocycles. The lowest BCUT2D eigenvalue weighted by molar-refractivity contribution is 0.264. The van der Waals surface area contributed by atoms with E-state index in [9.17, 15) is 0 Å². The standard InChI is InChI=1S/C8H12N2O/c1-10-4-7-6(5-11)2-3-8(7)9-10/h4,6,11H,2-3,5H2,1H3/t6-/m1/s1. The van der Waals surface area contributed by atoms with Crippen LogP contribution in [0.25, 0.3) is 0 Å². The molecule has 1 heterocycles. The number of aliphatic hydroxyl groups excluding tert-OH is 1. The smallest absolute Gasteiger partial charge is 0.0660 e. The van der Waals surface area contributed by atoms with Crippen molar-refractivity contribution in [1.82, 2.24) is 9.78 Å². The van der Waals surface area contributed by atoms with Gasteiger partial charge in [0.25, 0.3) is 0 Å². The highest BCUT2D eigenvalue weighted by Gasteiger charge is 2.24. The molecule has 1 N–H and O–H groups in total. The summed E-state index contributed by atoms with van der Waals surface area (Å²) in [6.45, 7) is 0.263. The number of rotatable bonds is 1. The summed E-state index contributed by atoms with van der Waals surface area (Å²) in [5.41, 5.74) is 2.42. The third-order valence-corrected chi connectivity index (χ3v) is 2.33. The van der Waals surface area contributed by atoms with Gasteiger partial charge in [0.1, 0.15) is 0 Å². The van der Waals surface area contributed by atoms with Gasteiger partial charge in [0, 0.05) is 19.2 Å². The highest BCUT2D eigenvalue weighted by atomic mass is 16.3. The first-order valence-corrected chi connectivity index (χ1v) is 3.94. The number of aryl methyl sites for hydroxylation is 2. The molecular formula is C8H12N2O. The topological polar surface area (TPSA) is 38.0 Å². The zero-order valence-electron chi connectivity index (χ0n) is 6.62. The third kappa shape index (κ3) is 0.959. The maximum atomic E-state index is 8.99. The van der Waals surface area contributed by atoms with Crippen molar-refractivity contribution in [3.05, 3.63) is 17.5 Å². The van der Waals surface area contributed by atoms with Crippen molar-refractivity contribution < 1.29 is 5.11 Å². The van der Waals surface area contributed by atoms with Crippen LogP contribution in [0.2, 0.25) is 0 Å². The average Bonchev–Trinajstić information content (AvgIpc) is 2.45. The van der Waals surface area contributed by atoms with Crippen LogP contribution < -0.4 is 0 Å². The molecule has 0 bridgehead atoms. The Morgan fingerprint density at radius 3 is 3.36 bits per heavy atom. The molecule has 0 unspecified atom stereocenters. The van der Waals surface area contributed by atoms with E-state index >= 15 is 0 Å². The first kappa shape index (κ1) is 6.85. The predicted octanol–water partition coefficient (Wildman–Crippen LogP) is 0.442. The average molecular weight is 152 g/mol. The van der Waals surface area contributed by atoms with Crippen molar-refractivity contribution in [3.8, 4) is 0 Å². The molecule has 3 heteroatoms. The van der Waals surface area contributed by atoms with E-state index in [1.54, 1.807) is 0 Å². The molecule has 0 saturated heterocycles. The molecule has 1 aliphatic carbocycles. The van der Waals surface area contributed by atoms with Crippen molar-refractivity contribution in [2.75, 3.05) is 6.61 Å². The van der Waals surface area contributed by atoms with Crippen molar-refractivity contribution in [2.24, 2.45) is 7.05 Å². The monoisotopic (exact) mass is 152 g/mol. The summed E-state index contributed by atoms with van der Waals surface area (Å²) in [4.78, 5) is 0. The molecule has 2 rings (SSSR count). The molecule has 60 valence electrons. The van der Waals surface area contributed by atoms with Gasteiger partial charge >= 0.3 is 0 Å². The largest absolute Gasteiger partial charge is 0.396 e. The first-order chi connectivity index (χ1) is 5.31. The van der Waals surface area contributed by atoms with Gasteiger partial charge in [-0.3, -0.25) is 4.68 Å². The zero-order valence-corrected chi connectivity index (χ0v) is 6.62. The Labute approximate surface area is 65.7 Å². The Balaban J connectivity index is 2.37. The van der Waals surface area contributed by atoms with Crippen LogP contribution in [0.4, 0.5) is 0 Å². The van der Waals surface area contributed by atoms with Crippen LogP contribution in [0.1, 0.15) is 23.6 Å². The number of nitrogens with zero attached hydrogens (tertiary/aromatic N) is 2. The van der Waals surface area contributed by atoms with Crippen molar-refractivity contribution in [3.63, 3.8) is 0 Å². The van der Waals surface area contributed by atoms with E-state index in [0.29, 0.717) is 5.92 Å². The van der Waals surface area contributed by atoms with E-state index in [1.165, 1.54) is 11.3 Å². The van der Waals surface area contributed by atoms with Crippen LogP contribution in [0.3, 0.4) is 0 Å². The Morgan fingerprint density at radius 2 is 2.64 bits per heavy atom. The number of aliphatic hydroxyl groups is 1.